The van der Waals surface area contributed by atoms with Crippen molar-refractivity contribution in [3.05, 3.63) is 64.1 Å². The van der Waals surface area contributed by atoms with E-state index < -0.39 is 0 Å². The third kappa shape index (κ3) is 3.85. The van der Waals surface area contributed by atoms with E-state index in [1.807, 2.05) is 55.5 Å². The molecular formula is C19H19BrN2O2. The molecule has 1 atom stereocenters. The standard InChI is InChI=1S/C19H19BrN2O2/c1-13-9-16(7-8-17(13)20)21-19(24)15-10-18(23)22(12-15)11-14-5-3-2-4-6-14/h2-9,15H,10-12H2,1H3,(H,21,24)/t15-/m0/s1. The van der Waals surface area contributed by atoms with Gasteiger partial charge in [0, 0.05) is 29.7 Å². The zero-order valence-electron chi connectivity index (χ0n) is 13.5. The van der Waals surface area contributed by atoms with Gasteiger partial charge in [-0.2, -0.15) is 0 Å². The largest absolute Gasteiger partial charge is 0.338 e. The van der Waals surface area contributed by atoms with Crippen LogP contribution in [0.1, 0.15) is 17.5 Å². The first-order valence-corrected chi connectivity index (χ1v) is 8.71. The number of likely N-dealkylation sites (tertiary alicyclic amines) is 1. The van der Waals surface area contributed by atoms with Crippen molar-refractivity contribution in [1.82, 2.24) is 4.90 Å². The van der Waals surface area contributed by atoms with Crippen LogP contribution in [0.4, 0.5) is 5.69 Å². The highest BCUT2D eigenvalue weighted by Crippen LogP contribution is 2.24. The van der Waals surface area contributed by atoms with Crippen LogP contribution in [0.15, 0.2) is 53.0 Å². The van der Waals surface area contributed by atoms with E-state index in [4.69, 9.17) is 0 Å². The number of amides is 2. The third-order valence-corrected chi connectivity index (χ3v) is 5.12. The van der Waals surface area contributed by atoms with Crippen LogP contribution in [0, 0.1) is 12.8 Å². The van der Waals surface area contributed by atoms with Gasteiger partial charge in [-0.25, -0.2) is 0 Å². The Morgan fingerprint density at radius 2 is 2.00 bits per heavy atom. The fourth-order valence-electron chi connectivity index (χ4n) is 2.87. The minimum absolute atomic E-state index is 0.0333. The zero-order chi connectivity index (χ0) is 17.1. The van der Waals surface area contributed by atoms with E-state index in [1.165, 1.54) is 0 Å². The minimum atomic E-state index is -0.301. The summed E-state index contributed by atoms with van der Waals surface area (Å²) in [5.74, 6) is -0.364. The van der Waals surface area contributed by atoms with Crippen LogP contribution in [-0.4, -0.2) is 23.3 Å². The number of anilines is 1. The molecule has 3 rings (SSSR count). The van der Waals surface area contributed by atoms with Gasteiger partial charge in [-0.3, -0.25) is 9.59 Å². The Labute approximate surface area is 150 Å². The molecule has 2 aromatic rings. The van der Waals surface area contributed by atoms with Gasteiger partial charge in [-0.05, 0) is 36.2 Å². The van der Waals surface area contributed by atoms with Crippen molar-refractivity contribution in [3.8, 4) is 0 Å². The van der Waals surface area contributed by atoms with Crippen molar-refractivity contribution in [2.24, 2.45) is 5.92 Å². The van der Waals surface area contributed by atoms with Crippen molar-refractivity contribution in [3.63, 3.8) is 0 Å². The fourth-order valence-corrected chi connectivity index (χ4v) is 3.12. The van der Waals surface area contributed by atoms with Gasteiger partial charge >= 0.3 is 0 Å². The second kappa shape index (κ2) is 7.18. The molecule has 124 valence electrons. The first-order chi connectivity index (χ1) is 11.5. The van der Waals surface area contributed by atoms with E-state index in [2.05, 4.69) is 21.2 Å². The number of carbonyl (C=O) groups excluding carboxylic acids is 2. The quantitative estimate of drug-likeness (QED) is 0.869. The molecule has 0 aliphatic carbocycles. The maximum atomic E-state index is 12.5. The Balaban J connectivity index is 1.62. The van der Waals surface area contributed by atoms with Crippen molar-refractivity contribution < 1.29 is 9.59 Å². The lowest BCUT2D eigenvalue weighted by molar-refractivity contribution is -0.128. The molecule has 0 bridgehead atoms. The summed E-state index contributed by atoms with van der Waals surface area (Å²) in [5, 5.41) is 2.92. The molecule has 4 nitrogen and oxygen atoms in total. The number of carbonyl (C=O) groups is 2. The number of hydrogen-bond donors (Lipinski definition) is 1. The number of benzene rings is 2. The molecule has 2 amide bonds. The number of nitrogens with zero attached hydrogens (tertiary/aromatic N) is 1. The van der Waals surface area contributed by atoms with Crippen LogP contribution >= 0.6 is 15.9 Å². The summed E-state index contributed by atoms with van der Waals surface area (Å²) in [4.78, 5) is 26.4. The van der Waals surface area contributed by atoms with E-state index in [9.17, 15) is 9.59 Å². The number of aryl methyl sites for hydroxylation is 1. The van der Waals surface area contributed by atoms with Crippen LogP contribution in [0.3, 0.4) is 0 Å². The van der Waals surface area contributed by atoms with Gasteiger partial charge in [0.2, 0.25) is 11.8 Å². The fraction of sp³-hybridized carbons (Fsp3) is 0.263. The smallest absolute Gasteiger partial charge is 0.229 e. The molecule has 24 heavy (non-hydrogen) atoms. The topological polar surface area (TPSA) is 49.4 Å². The lowest BCUT2D eigenvalue weighted by atomic mass is 10.1. The summed E-state index contributed by atoms with van der Waals surface area (Å²) >= 11 is 3.45. The molecule has 5 heteroatoms. The van der Waals surface area contributed by atoms with E-state index in [-0.39, 0.29) is 24.2 Å². The summed E-state index contributed by atoms with van der Waals surface area (Å²) in [7, 11) is 0. The number of halogens is 1. The van der Waals surface area contributed by atoms with Crippen molar-refractivity contribution in [2.75, 3.05) is 11.9 Å². The Hall–Kier alpha value is -2.14. The normalized spacial score (nSPS) is 17.2. The summed E-state index contributed by atoms with van der Waals surface area (Å²) in [5.41, 5.74) is 2.89. The number of hydrogen-bond acceptors (Lipinski definition) is 2. The van der Waals surface area contributed by atoms with Crippen LogP contribution in [-0.2, 0) is 16.1 Å². The average molecular weight is 387 g/mol. The molecule has 1 aliphatic rings. The summed E-state index contributed by atoms with van der Waals surface area (Å²) < 4.78 is 1.01. The van der Waals surface area contributed by atoms with Crippen LogP contribution in [0.25, 0.3) is 0 Å². The Morgan fingerprint density at radius 3 is 2.71 bits per heavy atom. The van der Waals surface area contributed by atoms with Gasteiger partial charge in [0.1, 0.15) is 0 Å². The summed E-state index contributed by atoms with van der Waals surface area (Å²) in [6, 6.07) is 15.5. The van der Waals surface area contributed by atoms with E-state index in [0.29, 0.717) is 13.1 Å². The molecule has 2 aromatic carbocycles. The Bertz CT molecular complexity index is 761. The van der Waals surface area contributed by atoms with Gasteiger partial charge in [0.15, 0.2) is 0 Å². The first kappa shape index (κ1) is 16.7. The van der Waals surface area contributed by atoms with Gasteiger partial charge in [0.25, 0.3) is 0 Å². The molecule has 0 saturated carbocycles. The maximum absolute atomic E-state index is 12.5. The Kier molecular flexibility index (Phi) is 5.00. The zero-order valence-corrected chi connectivity index (χ0v) is 15.0. The highest BCUT2D eigenvalue weighted by molar-refractivity contribution is 9.10. The molecule has 0 aromatic heterocycles. The van der Waals surface area contributed by atoms with Crippen molar-refractivity contribution in [1.29, 1.82) is 0 Å². The molecular weight excluding hydrogens is 368 g/mol. The lowest BCUT2D eigenvalue weighted by Crippen LogP contribution is -2.28. The predicted molar refractivity (Wildman–Crippen MR) is 97.5 cm³/mol. The molecule has 1 N–H and O–H groups in total. The molecule has 0 unspecified atom stereocenters. The molecule has 1 saturated heterocycles. The molecule has 0 spiro atoms. The second-order valence-electron chi connectivity index (χ2n) is 6.11. The molecule has 1 heterocycles. The maximum Gasteiger partial charge on any atom is 0.229 e. The van der Waals surface area contributed by atoms with Crippen LogP contribution in [0.2, 0.25) is 0 Å². The number of nitrogens with one attached hydrogen (secondary N) is 1. The predicted octanol–water partition coefficient (Wildman–Crippen LogP) is 3.74. The second-order valence-corrected chi connectivity index (χ2v) is 6.97. The molecule has 1 aliphatic heterocycles. The monoisotopic (exact) mass is 386 g/mol. The van der Waals surface area contributed by atoms with Gasteiger partial charge < -0.3 is 10.2 Å². The summed E-state index contributed by atoms with van der Waals surface area (Å²) in [6.07, 6.45) is 0.272. The lowest BCUT2D eigenvalue weighted by Gasteiger charge is -2.16. The van der Waals surface area contributed by atoms with Crippen molar-refractivity contribution >= 4 is 33.4 Å². The van der Waals surface area contributed by atoms with E-state index >= 15 is 0 Å². The van der Waals surface area contributed by atoms with Crippen LogP contribution < -0.4 is 5.32 Å². The molecule has 0 radical (unpaired) electrons. The SMILES string of the molecule is Cc1cc(NC(=O)[C@H]2CC(=O)N(Cc3ccccc3)C2)ccc1Br. The first-order valence-electron chi connectivity index (χ1n) is 7.91. The highest BCUT2D eigenvalue weighted by atomic mass is 79.9. The molecule has 1 fully saturated rings. The van der Waals surface area contributed by atoms with E-state index in [1.54, 1.807) is 4.90 Å². The Morgan fingerprint density at radius 1 is 1.25 bits per heavy atom. The summed E-state index contributed by atoms with van der Waals surface area (Å²) in [6.45, 7) is 3.00. The van der Waals surface area contributed by atoms with Crippen LogP contribution in [0.5, 0.6) is 0 Å². The third-order valence-electron chi connectivity index (χ3n) is 4.23. The average Bonchev–Trinajstić information content (AvgIpc) is 2.93. The van der Waals surface area contributed by atoms with Gasteiger partial charge in [-0.15, -0.1) is 0 Å². The number of rotatable bonds is 4. The van der Waals surface area contributed by atoms with E-state index in [0.717, 1.165) is 21.3 Å². The van der Waals surface area contributed by atoms with Gasteiger partial charge in [0.05, 0.1) is 5.92 Å². The van der Waals surface area contributed by atoms with Crippen molar-refractivity contribution in [2.45, 2.75) is 19.9 Å². The highest BCUT2D eigenvalue weighted by Gasteiger charge is 2.34. The van der Waals surface area contributed by atoms with Gasteiger partial charge in [-0.1, -0.05) is 46.3 Å². The minimum Gasteiger partial charge on any atom is -0.338 e.